The Kier molecular flexibility index (Phi) is 9.73. The molecule has 0 heterocycles. The number of benzene rings is 8. The Morgan fingerprint density at radius 3 is 0.964 bits per heavy atom. The van der Waals surface area contributed by atoms with Crippen molar-refractivity contribution < 1.29 is 10.2 Å². The van der Waals surface area contributed by atoms with Crippen molar-refractivity contribution in [3.63, 3.8) is 0 Å². The van der Waals surface area contributed by atoms with Crippen molar-refractivity contribution >= 4 is 33.6 Å². The normalized spacial score (nSPS) is 13.5. The number of nitrogens with zero attached hydrogens (tertiary/aromatic N) is 2. The topological polar surface area (TPSA) is 65.2 Å². The van der Waals surface area contributed by atoms with Crippen LogP contribution in [0.4, 0.5) is 11.4 Å². The second-order valence-corrected chi connectivity index (χ2v) is 14.1. The second kappa shape index (κ2) is 15.6. The number of aliphatic imine (C=N–C) groups is 2. The lowest BCUT2D eigenvalue weighted by Crippen LogP contribution is -2.11. The molecule has 0 saturated heterocycles. The molecule has 0 amide bonds. The molecule has 1 aliphatic rings. The van der Waals surface area contributed by atoms with E-state index in [2.05, 4.69) is 158 Å². The summed E-state index contributed by atoms with van der Waals surface area (Å²) in [5.74, 6) is 0. The summed E-state index contributed by atoms with van der Waals surface area (Å²) in [6.45, 7) is 0.101. The van der Waals surface area contributed by atoms with E-state index < -0.39 is 0 Å². The van der Waals surface area contributed by atoms with Gasteiger partial charge in [0.25, 0.3) is 0 Å². The molecule has 0 fully saturated rings. The highest BCUT2D eigenvalue weighted by Gasteiger charge is 2.29. The van der Waals surface area contributed by atoms with Gasteiger partial charge in [0.1, 0.15) is 0 Å². The SMILES string of the molecule is OCCc1cc(-c2ccccc2)c(N=C2C(=Nc3c(-c4ccccc4)cc(CCO)cc3-c3ccccc3)c3cccc4cccc2c34)c(-c2ccccc2)c1. The van der Waals surface area contributed by atoms with Crippen LogP contribution in [0, 0.1) is 0 Å². The predicted octanol–water partition coefficient (Wildman–Crippen LogP) is 11.8. The maximum atomic E-state index is 10.1. The Bertz CT molecular complexity index is 2430. The minimum atomic E-state index is 0.0506. The smallest absolute Gasteiger partial charge is 0.0979 e. The Labute approximate surface area is 327 Å². The van der Waals surface area contributed by atoms with Gasteiger partial charge in [0, 0.05) is 52.0 Å². The molecular formula is C52H40N2O2. The van der Waals surface area contributed by atoms with Crippen LogP contribution in [0.3, 0.4) is 0 Å². The second-order valence-electron chi connectivity index (χ2n) is 14.1. The summed E-state index contributed by atoms with van der Waals surface area (Å²) in [6, 6.07) is 63.2. The molecule has 8 aromatic rings. The van der Waals surface area contributed by atoms with E-state index in [-0.39, 0.29) is 13.2 Å². The van der Waals surface area contributed by atoms with Crippen LogP contribution in [0.25, 0.3) is 55.3 Å². The van der Waals surface area contributed by atoms with Gasteiger partial charge in [0.15, 0.2) is 0 Å². The first-order valence-corrected chi connectivity index (χ1v) is 19.2. The molecule has 56 heavy (non-hydrogen) atoms. The van der Waals surface area contributed by atoms with Gasteiger partial charge in [-0.25, -0.2) is 9.98 Å². The summed E-state index contributed by atoms with van der Waals surface area (Å²) in [6.07, 6.45) is 1.07. The van der Waals surface area contributed by atoms with Crippen LogP contribution in [0.1, 0.15) is 22.3 Å². The summed E-state index contributed by atoms with van der Waals surface area (Å²) < 4.78 is 0. The van der Waals surface area contributed by atoms with Crippen LogP contribution >= 0.6 is 0 Å². The van der Waals surface area contributed by atoms with Gasteiger partial charge < -0.3 is 10.2 Å². The molecule has 270 valence electrons. The van der Waals surface area contributed by atoms with Crippen LogP contribution in [-0.2, 0) is 12.8 Å². The van der Waals surface area contributed by atoms with Crippen molar-refractivity contribution in [1.82, 2.24) is 0 Å². The Balaban J connectivity index is 1.39. The quantitative estimate of drug-likeness (QED) is 0.147. The van der Waals surface area contributed by atoms with Crippen molar-refractivity contribution in [3.8, 4) is 44.5 Å². The lowest BCUT2D eigenvalue weighted by atomic mass is 9.92. The zero-order chi connectivity index (χ0) is 37.8. The van der Waals surface area contributed by atoms with Gasteiger partial charge in [-0.3, -0.25) is 0 Å². The third kappa shape index (κ3) is 6.66. The molecule has 2 N–H and O–H groups in total. The zero-order valence-corrected chi connectivity index (χ0v) is 30.9. The fourth-order valence-corrected chi connectivity index (χ4v) is 7.97. The van der Waals surface area contributed by atoms with Crippen LogP contribution in [-0.4, -0.2) is 34.9 Å². The van der Waals surface area contributed by atoms with Crippen LogP contribution in [0.2, 0.25) is 0 Å². The van der Waals surface area contributed by atoms with Gasteiger partial charge in [-0.15, -0.1) is 0 Å². The average molecular weight is 725 g/mol. The first kappa shape index (κ1) is 35.0. The zero-order valence-electron chi connectivity index (χ0n) is 30.9. The van der Waals surface area contributed by atoms with Gasteiger partial charge in [-0.1, -0.05) is 158 Å². The van der Waals surface area contributed by atoms with E-state index in [1.807, 2.05) is 24.3 Å². The summed E-state index contributed by atoms with van der Waals surface area (Å²) in [5, 5.41) is 22.5. The highest BCUT2D eigenvalue weighted by Crippen LogP contribution is 2.45. The van der Waals surface area contributed by atoms with Gasteiger partial charge >= 0.3 is 0 Å². The molecule has 1 aliphatic carbocycles. The van der Waals surface area contributed by atoms with Crippen LogP contribution < -0.4 is 0 Å². The summed E-state index contributed by atoms with van der Waals surface area (Å²) in [5.41, 5.74) is 15.6. The number of hydrogen-bond donors (Lipinski definition) is 2. The molecule has 0 radical (unpaired) electrons. The molecule has 0 bridgehead atoms. The minimum absolute atomic E-state index is 0.0506. The molecule has 0 aliphatic heterocycles. The van der Waals surface area contributed by atoms with E-state index in [0.717, 1.165) is 100 Å². The Morgan fingerprint density at radius 2 is 0.661 bits per heavy atom. The molecule has 0 aromatic heterocycles. The van der Waals surface area contributed by atoms with Crippen molar-refractivity contribution in [3.05, 3.63) is 204 Å². The predicted molar refractivity (Wildman–Crippen MR) is 233 cm³/mol. The molecule has 0 spiro atoms. The van der Waals surface area contributed by atoms with Crippen LogP contribution in [0.5, 0.6) is 0 Å². The molecule has 0 saturated carbocycles. The van der Waals surface area contributed by atoms with Crippen molar-refractivity contribution in [2.24, 2.45) is 9.98 Å². The van der Waals surface area contributed by atoms with Crippen molar-refractivity contribution in [2.75, 3.05) is 13.2 Å². The van der Waals surface area contributed by atoms with E-state index in [1.54, 1.807) is 0 Å². The first-order chi connectivity index (χ1) is 27.7. The molecular weight excluding hydrogens is 685 g/mol. The van der Waals surface area contributed by atoms with E-state index >= 15 is 0 Å². The molecule has 4 nitrogen and oxygen atoms in total. The number of aliphatic hydroxyl groups excluding tert-OH is 2. The Morgan fingerprint density at radius 1 is 0.339 bits per heavy atom. The molecule has 0 atom stereocenters. The standard InChI is InChI=1S/C52H40N2O2/c55-29-27-35-31-44(37-15-5-1-6-16-37)49(45(32-35)38-17-7-2-8-18-38)53-51-42-25-13-23-41-24-14-26-43(48(41)42)52(51)54-50-46(39-19-9-3-10-20-39)33-36(28-30-56)34-47(50)40-21-11-4-12-22-40/h1-26,31-34,55-56H,27-30H2. The molecule has 4 heteroatoms. The van der Waals surface area contributed by atoms with E-state index in [1.165, 1.54) is 0 Å². The van der Waals surface area contributed by atoms with Gasteiger partial charge in [0.05, 0.1) is 22.8 Å². The fourth-order valence-electron chi connectivity index (χ4n) is 7.97. The summed E-state index contributed by atoms with van der Waals surface area (Å²) in [7, 11) is 0. The maximum Gasteiger partial charge on any atom is 0.0979 e. The summed E-state index contributed by atoms with van der Waals surface area (Å²) in [4.78, 5) is 11.5. The summed E-state index contributed by atoms with van der Waals surface area (Å²) >= 11 is 0. The van der Waals surface area contributed by atoms with Crippen molar-refractivity contribution in [1.29, 1.82) is 0 Å². The molecule has 8 aromatic carbocycles. The van der Waals surface area contributed by atoms with Gasteiger partial charge in [-0.05, 0) is 75.9 Å². The van der Waals surface area contributed by atoms with Gasteiger partial charge in [-0.2, -0.15) is 0 Å². The average Bonchev–Trinajstić information content (AvgIpc) is 3.55. The third-order valence-electron chi connectivity index (χ3n) is 10.6. The maximum absolute atomic E-state index is 10.1. The van der Waals surface area contributed by atoms with E-state index in [4.69, 9.17) is 9.98 Å². The minimum Gasteiger partial charge on any atom is -0.396 e. The first-order valence-electron chi connectivity index (χ1n) is 19.2. The lowest BCUT2D eigenvalue weighted by molar-refractivity contribution is 0.299. The highest BCUT2D eigenvalue weighted by molar-refractivity contribution is 6.61. The third-order valence-corrected chi connectivity index (χ3v) is 10.6. The largest absolute Gasteiger partial charge is 0.396 e. The number of aliphatic hydroxyl groups is 2. The molecule has 0 unspecified atom stereocenters. The number of hydrogen-bond acceptors (Lipinski definition) is 4. The van der Waals surface area contributed by atoms with Gasteiger partial charge in [0.2, 0.25) is 0 Å². The van der Waals surface area contributed by atoms with Crippen LogP contribution in [0.15, 0.2) is 192 Å². The van der Waals surface area contributed by atoms with Crippen molar-refractivity contribution in [2.45, 2.75) is 12.8 Å². The monoisotopic (exact) mass is 724 g/mol. The number of rotatable bonds is 10. The molecule has 9 rings (SSSR count). The van der Waals surface area contributed by atoms with E-state index in [0.29, 0.717) is 12.8 Å². The highest BCUT2D eigenvalue weighted by atomic mass is 16.3. The fraction of sp³-hybridized carbons (Fsp3) is 0.0769. The van der Waals surface area contributed by atoms with E-state index in [9.17, 15) is 10.2 Å². The Hall–Kier alpha value is -6.72. The lowest BCUT2D eigenvalue weighted by Gasteiger charge is -2.18.